The second-order valence-electron chi connectivity index (χ2n) is 5.04. The second kappa shape index (κ2) is 7.82. The molecule has 2 rings (SSSR count). The van der Waals surface area contributed by atoms with E-state index in [4.69, 9.17) is 15.2 Å². The van der Waals surface area contributed by atoms with E-state index in [0.29, 0.717) is 0 Å². The van der Waals surface area contributed by atoms with Crippen LogP contribution in [0.25, 0.3) is 0 Å². The van der Waals surface area contributed by atoms with Gasteiger partial charge in [0, 0.05) is 6.20 Å². The van der Waals surface area contributed by atoms with Gasteiger partial charge < -0.3 is 15.2 Å². The fourth-order valence-electron chi connectivity index (χ4n) is 1.97. The molecule has 0 aliphatic carbocycles. The summed E-state index contributed by atoms with van der Waals surface area (Å²) in [5.41, 5.74) is 4.02. The fraction of sp³-hybridized carbons (Fsp3) is 0.231. The summed E-state index contributed by atoms with van der Waals surface area (Å²) in [4.78, 5) is 32.1. The molecule has 2 amide bonds. The summed E-state index contributed by atoms with van der Waals surface area (Å²) in [6.45, 7) is 0. The van der Waals surface area contributed by atoms with E-state index in [0.717, 1.165) is 24.4 Å². The number of carbonyl (C=O) groups excluding carboxylic acids is 2. The zero-order chi connectivity index (χ0) is 22.0. The maximum atomic E-state index is 12.7. The molecule has 2 aromatic rings. The molecule has 0 bridgehead atoms. The Hall–Kier alpha value is -3.56. The van der Waals surface area contributed by atoms with Crippen molar-refractivity contribution >= 4 is 28.0 Å². The van der Waals surface area contributed by atoms with E-state index in [9.17, 15) is 31.2 Å². The first-order valence-electron chi connectivity index (χ1n) is 7.29. The maximum Gasteiger partial charge on any atom is 0.456 e. The van der Waals surface area contributed by atoms with Gasteiger partial charge in [0.1, 0.15) is 5.69 Å². The van der Waals surface area contributed by atoms with Crippen LogP contribution in [0.15, 0.2) is 24.4 Å². The number of halogens is 3. The highest BCUT2D eigenvalue weighted by Gasteiger charge is 2.41. The number of nitrogens with one attached hydrogen (secondary N) is 1. The zero-order valence-corrected chi connectivity index (χ0v) is 15.5. The van der Waals surface area contributed by atoms with Gasteiger partial charge in [-0.3, -0.25) is 4.79 Å². The molecule has 0 aliphatic rings. The predicted octanol–water partition coefficient (Wildman–Crippen LogP) is 0.414. The van der Waals surface area contributed by atoms with Crippen molar-refractivity contribution in [1.29, 1.82) is 0 Å². The van der Waals surface area contributed by atoms with Gasteiger partial charge in [-0.2, -0.15) is 31.6 Å². The quantitative estimate of drug-likeness (QED) is 0.588. The van der Waals surface area contributed by atoms with Crippen LogP contribution in [0.3, 0.4) is 0 Å². The highest BCUT2D eigenvalue weighted by molar-refractivity contribution is 7.94. The summed E-state index contributed by atoms with van der Waals surface area (Å²) < 4.78 is 73.0. The lowest BCUT2D eigenvalue weighted by molar-refractivity contribution is -0.0889. The molecule has 12 nitrogen and oxygen atoms in total. The number of rotatable bonds is 7. The fourth-order valence-corrected chi connectivity index (χ4v) is 3.00. The molecule has 0 spiro atoms. The van der Waals surface area contributed by atoms with Crippen molar-refractivity contribution in [2.75, 3.05) is 23.4 Å². The molecule has 158 valence electrons. The van der Waals surface area contributed by atoms with Crippen LogP contribution < -0.4 is 24.3 Å². The first kappa shape index (κ1) is 21.7. The molecule has 0 saturated carbocycles. The number of hydrogen-bond acceptors (Lipinski definition) is 8. The van der Waals surface area contributed by atoms with Gasteiger partial charge in [-0.15, -0.1) is 4.31 Å². The first-order valence-corrected chi connectivity index (χ1v) is 8.73. The van der Waals surface area contributed by atoms with Gasteiger partial charge in [-0.05, 0) is 12.1 Å². The lowest BCUT2D eigenvalue weighted by Crippen LogP contribution is -2.47. The minimum atomic E-state index is -5.27. The minimum Gasteiger partial charge on any atom is -0.481 e. The lowest BCUT2D eigenvalue weighted by Gasteiger charge is -2.21. The van der Waals surface area contributed by atoms with Crippen LogP contribution in [0.1, 0.15) is 10.5 Å². The van der Waals surface area contributed by atoms with Crippen molar-refractivity contribution in [1.82, 2.24) is 14.6 Å². The summed E-state index contributed by atoms with van der Waals surface area (Å²) in [6.07, 6.45) is -4.46. The number of urea groups is 1. The Labute approximate surface area is 161 Å². The number of primary amides is 1. The average molecular weight is 438 g/mol. The minimum absolute atomic E-state index is 0.153. The number of ketones is 1. The Morgan fingerprint density at radius 2 is 1.76 bits per heavy atom. The van der Waals surface area contributed by atoms with E-state index < -0.39 is 39.8 Å². The molecule has 0 saturated heterocycles. The summed E-state index contributed by atoms with van der Waals surface area (Å²) in [5, 5.41) is 0. The third-order valence-corrected chi connectivity index (χ3v) is 4.41. The van der Waals surface area contributed by atoms with Gasteiger partial charge in [-0.25, -0.2) is 14.3 Å². The van der Waals surface area contributed by atoms with E-state index in [2.05, 4.69) is 9.97 Å². The van der Waals surface area contributed by atoms with Crippen molar-refractivity contribution in [3.8, 4) is 11.8 Å². The van der Waals surface area contributed by atoms with Crippen LogP contribution in [-0.4, -0.2) is 55.3 Å². The number of methoxy groups -OCH3 is 2. The van der Waals surface area contributed by atoms with Gasteiger partial charge in [0.2, 0.25) is 11.8 Å². The largest absolute Gasteiger partial charge is 0.481 e. The molecule has 2 heterocycles. The van der Waals surface area contributed by atoms with Crippen molar-refractivity contribution in [3.05, 3.63) is 30.1 Å². The number of ether oxygens (including phenoxy) is 2. The Morgan fingerprint density at radius 3 is 2.21 bits per heavy atom. The van der Waals surface area contributed by atoms with Crippen LogP contribution in [0.4, 0.5) is 23.9 Å². The standard InChI is InChI=1S/C13H13F3N6O6S/c1-27-8-6-9(28-2)19-12(18-8)22(11(17)24)29(25,26)20-21-5-3-4-7(21)10(23)13(14,15)16/h3-6,20H,1-2H3,(H2,17,24). The number of alkyl halides is 3. The molecular weight excluding hydrogens is 425 g/mol. The van der Waals surface area contributed by atoms with Crippen LogP contribution in [0, 0.1) is 0 Å². The molecule has 0 radical (unpaired) electrons. The van der Waals surface area contributed by atoms with E-state index >= 15 is 0 Å². The number of aromatic nitrogens is 3. The Balaban J connectivity index is 2.50. The van der Waals surface area contributed by atoms with Gasteiger partial charge in [-0.1, -0.05) is 0 Å². The molecular formula is C13H13F3N6O6S. The molecule has 0 aliphatic heterocycles. The van der Waals surface area contributed by atoms with Gasteiger partial charge in [0.25, 0.3) is 11.7 Å². The smallest absolute Gasteiger partial charge is 0.456 e. The van der Waals surface area contributed by atoms with Crippen molar-refractivity contribution < 1.29 is 40.7 Å². The Kier molecular flexibility index (Phi) is 5.86. The van der Waals surface area contributed by atoms with E-state index in [1.807, 2.05) is 0 Å². The van der Waals surface area contributed by atoms with E-state index in [1.165, 1.54) is 14.2 Å². The SMILES string of the molecule is COc1cc(OC)nc(N(C(N)=O)S(=O)(=O)Nn2cccc2C(=O)C(F)(F)F)n1. The summed E-state index contributed by atoms with van der Waals surface area (Å²) >= 11 is 0. The second-order valence-corrected chi connectivity index (χ2v) is 6.54. The van der Waals surface area contributed by atoms with E-state index in [1.54, 1.807) is 4.83 Å². The summed E-state index contributed by atoms with van der Waals surface area (Å²) in [5.74, 6) is -3.56. The lowest BCUT2D eigenvalue weighted by atomic mass is 10.3. The summed E-state index contributed by atoms with van der Waals surface area (Å²) in [7, 11) is -2.67. The topological polar surface area (TPSA) is 159 Å². The number of hydrogen-bond donors (Lipinski definition) is 2. The molecule has 29 heavy (non-hydrogen) atoms. The van der Waals surface area contributed by atoms with E-state index in [-0.39, 0.29) is 20.7 Å². The first-order chi connectivity index (χ1) is 13.4. The molecule has 0 atom stereocenters. The number of carbonyl (C=O) groups is 2. The number of amides is 2. The third kappa shape index (κ3) is 4.65. The number of nitrogens with zero attached hydrogens (tertiary/aromatic N) is 4. The average Bonchev–Trinajstić information content (AvgIpc) is 3.06. The van der Waals surface area contributed by atoms with Gasteiger partial charge in [0.15, 0.2) is 0 Å². The number of anilines is 1. The van der Waals surface area contributed by atoms with Crippen molar-refractivity contribution in [3.63, 3.8) is 0 Å². The number of nitrogens with two attached hydrogens (primary N) is 1. The molecule has 0 aromatic carbocycles. The molecule has 0 unspecified atom stereocenters. The van der Waals surface area contributed by atoms with Crippen LogP contribution in [-0.2, 0) is 10.2 Å². The number of Topliss-reactive ketones (excluding diaryl/α,β-unsaturated/α-hetero) is 1. The zero-order valence-electron chi connectivity index (χ0n) is 14.7. The monoisotopic (exact) mass is 438 g/mol. The van der Waals surface area contributed by atoms with Crippen LogP contribution >= 0.6 is 0 Å². The third-order valence-electron chi connectivity index (χ3n) is 3.16. The highest BCUT2D eigenvalue weighted by atomic mass is 32.2. The van der Waals surface area contributed by atoms with Gasteiger partial charge >= 0.3 is 22.4 Å². The molecule has 16 heteroatoms. The van der Waals surface area contributed by atoms with Gasteiger partial charge in [0.05, 0.1) is 20.3 Å². The molecule has 3 N–H and O–H groups in total. The summed E-state index contributed by atoms with van der Waals surface area (Å²) in [6, 6.07) is 1.25. The van der Waals surface area contributed by atoms with Crippen LogP contribution in [0.5, 0.6) is 11.8 Å². The maximum absolute atomic E-state index is 12.7. The van der Waals surface area contributed by atoms with Crippen LogP contribution in [0.2, 0.25) is 0 Å². The molecule has 2 aromatic heterocycles. The predicted molar refractivity (Wildman–Crippen MR) is 90.3 cm³/mol. The Morgan fingerprint density at radius 1 is 1.21 bits per heavy atom. The normalized spacial score (nSPS) is 11.6. The highest BCUT2D eigenvalue weighted by Crippen LogP contribution is 2.24. The molecule has 0 fully saturated rings. The van der Waals surface area contributed by atoms with Crippen molar-refractivity contribution in [2.45, 2.75) is 6.18 Å². The Bertz CT molecular complexity index is 1020. The van der Waals surface area contributed by atoms with Crippen molar-refractivity contribution in [2.24, 2.45) is 5.73 Å².